The van der Waals surface area contributed by atoms with Crippen molar-refractivity contribution in [3.63, 3.8) is 0 Å². The molecular formula is C24H40N8O3. The van der Waals surface area contributed by atoms with Gasteiger partial charge in [0.05, 0.1) is 0 Å². The number of likely N-dealkylation sites (N-methyl/N-ethyl adjacent to an activating group) is 1. The Morgan fingerprint density at radius 1 is 1.20 bits per heavy atom. The van der Waals surface area contributed by atoms with Crippen molar-refractivity contribution in [1.29, 1.82) is 0 Å². The first-order valence-corrected chi connectivity index (χ1v) is 12.5. The SMILES string of the molecule is C[C@H]1CN(C)CCCN1c1nc(/C(N)=N/O)cc(N2CCC3(CCN(C(=O)OC(C)(C)C)C3)C2)n1. The second kappa shape index (κ2) is 9.67. The predicted octanol–water partition coefficient (Wildman–Crippen LogP) is 1.94. The molecule has 2 atom stereocenters. The van der Waals surface area contributed by atoms with Crippen LogP contribution < -0.4 is 15.5 Å². The van der Waals surface area contributed by atoms with Gasteiger partial charge in [-0.3, -0.25) is 0 Å². The molecule has 0 radical (unpaired) electrons. The van der Waals surface area contributed by atoms with Gasteiger partial charge < -0.3 is 35.3 Å². The number of hydrogen-bond donors (Lipinski definition) is 2. The van der Waals surface area contributed by atoms with Gasteiger partial charge >= 0.3 is 6.09 Å². The monoisotopic (exact) mass is 488 g/mol. The minimum atomic E-state index is -0.504. The third-order valence-electron chi connectivity index (χ3n) is 7.23. The third-order valence-corrected chi connectivity index (χ3v) is 7.23. The lowest BCUT2D eigenvalue weighted by Crippen LogP contribution is -2.40. The molecule has 194 valence electrons. The summed E-state index contributed by atoms with van der Waals surface area (Å²) in [6, 6.07) is 2.03. The highest BCUT2D eigenvalue weighted by Gasteiger charge is 2.46. The number of rotatable bonds is 3. The minimum Gasteiger partial charge on any atom is -0.444 e. The molecular weight excluding hydrogens is 448 g/mol. The highest BCUT2D eigenvalue weighted by Crippen LogP contribution is 2.41. The van der Waals surface area contributed by atoms with Crippen LogP contribution in [0.15, 0.2) is 11.2 Å². The summed E-state index contributed by atoms with van der Waals surface area (Å²) in [6.07, 6.45) is 2.67. The summed E-state index contributed by atoms with van der Waals surface area (Å²) in [7, 11) is 2.13. The zero-order valence-corrected chi connectivity index (χ0v) is 21.7. The van der Waals surface area contributed by atoms with Crippen LogP contribution in [0.2, 0.25) is 0 Å². The van der Waals surface area contributed by atoms with Gasteiger partial charge in [0.25, 0.3) is 0 Å². The minimum absolute atomic E-state index is 0.0113. The average molecular weight is 489 g/mol. The molecule has 0 bridgehead atoms. The molecule has 1 amide bonds. The number of carbonyl (C=O) groups is 1. The van der Waals surface area contributed by atoms with Crippen molar-refractivity contribution in [1.82, 2.24) is 19.8 Å². The average Bonchev–Trinajstić information content (AvgIpc) is 3.37. The molecule has 11 nitrogen and oxygen atoms in total. The van der Waals surface area contributed by atoms with Gasteiger partial charge in [0.1, 0.15) is 17.1 Å². The number of amides is 1. The lowest BCUT2D eigenvalue weighted by Gasteiger charge is -2.30. The smallest absolute Gasteiger partial charge is 0.410 e. The summed E-state index contributed by atoms with van der Waals surface area (Å²) >= 11 is 0. The summed E-state index contributed by atoms with van der Waals surface area (Å²) in [6.45, 7) is 13.6. The Balaban J connectivity index is 1.55. The molecule has 3 fully saturated rings. The van der Waals surface area contributed by atoms with E-state index in [9.17, 15) is 10.0 Å². The highest BCUT2D eigenvalue weighted by molar-refractivity contribution is 5.96. The fourth-order valence-electron chi connectivity index (χ4n) is 5.45. The van der Waals surface area contributed by atoms with Gasteiger partial charge in [0.15, 0.2) is 5.84 Å². The maximum absolute atomic E-state index is 12.6. The van der Waals surface area contributed by atoms with Crippen LogP contribution in [0.3, 0.4) is 0 Å². The molecule has 35 heavy (non-hydrogen) atoms. The first-order valence-electron chi connectivity index (χ1n) is 12.5. The summed E-state index contributed by atoms with van der Waals surface area (Å²) in [4.78, 5) is 30.8. The van der Waals surface area contributed by atoms with Gasteiger partial charge in [-0.15, -0.1) is 0 Å². The third kappa shape index (κ3) is 5.71. The van der Waals surface area contributed by atoms with E-state index >= 15 is 0 Å². The molecule has 0 aliphatic carbocycles. The summed E-state index contributed by atoms with van der Waals surface area (Å²) in [5, 5.41) is 12.5. The van der Waals surface area contributed by atoms with Gasteiger partial charge in [0, 0.05) is 56.8 Å². The summed E-state index contributed by atoms with van der Waals surface area (Å²) in [5.41, 5.74) is 5.90. The van der Waals surface area contributed by atoms with Crippen molar-refractivity contribution < 1.29 is 14.7 Å². The fraction of sp³-hybridized carbons (Fsp3) is 0.750. The van der Waals surface area contributed by atoms with Crippen molar-refractivity contribution in [2.75, 3.05) is 62.7 Å². The number of amidine groups is 1. The molecule has 3 aliphatic heterocycles. The Morgan fingerprint density at radius 3 is 2.66 bits per heavy atom. The fourth-order valence-corrected chi connectivity index (χ4v) is 5.45. The number of hydrogen-bond acceptors (Lipinski definition) is 9. The predicted molar refractivity (Wildman–Crippen MR) is 135 cm³/mol. The van der Waals surface area contributed by atoms with Crippen LogP contribution in [0, 0.1) is 5.41 Å². The standard InChI is InChI=1S/C24H40N8O3/c1-17-14-29(5)9-6-10-32(17)21-26-18(20(25)28-34)13-19(27-21)30-11-7-24(15-30)8-12-31(16-24)22(33)35-23(2,3)4/h13,17,34H,6-12,14-16H2,1-5H3,(H2,25,28)/t17-,24?/m0/s1. The maximum Gasteiger partial charge on any atom is 0.410 e. The van der Waals surface area contributed by atoms with E-state index in [-0.39, 0.29) is 23.4 Å². The van der Waals surface area contributed by atoms with E-state index in [4.69, 9.17) is 15.5 Å². The first-order chi connectivity index (χ1) is 16.5. The van der Waals surface area contributed by atoms with Crippen molar-refractivity contribution in [2.24, 2.45) is 16.3 Å². The van der Waals surface area contributed by atoms with E-state index < -0.39 is 5.60 Å². The number of carbonyl (C=O) groups excluding carboxylic acids is 1. The second-order valence-corrected chi connectivity index (χ2v) is 11.4. The van der Waals surface area contributed by atoms with Crippen molar-refractivity contribution in [2.45, 2.75) is 58.6 Å². The van der Waals surface area contributed by atoms with Crippen LogP contribution in [0.5, 0.6) is 0 Å². The lowest BCUT2D eigenvalue weighted by molar-refractivity contribution is 0.0276. The van der Waals surface area contributed by atoms with E-state index in [0.717, 1.165) is 57.8 Å². The van der Waals surface area contributed by atoms with Gasteiger partial charge in [-0.05, 0) is 60.5 Å². The van der Waals surface area contributed by atoms with Gasteiger partial charge in [-0.2, -0.15) is 4.98 Å². The van der Waals surface area contributed by atoms with Gasteiger partial charge in [-0.1, -0.05) is 5.16 Å². The van der Waals surface area contributed by atoms with Crippen LogP contribution in [-0.2, 0) is 4.74 Å². The zero-order chi connectivity index (χ0) is 25.4. The van der Waals surface area contributed by atoms with Crippen LogP contribution in [-0.4, -0.2) is 101 Å². The van der Waals surface area contributed by atoms with E-state index in [0.29, 0.717) is 24.7 Å². The lowest BCUT2D eigenvalue weighted by atomic mass is 9.86. The van der Waals surface area contributed by atoms with E-state index in [1.165, 1.54) is 0 Å². The number of oxime groups is 1. The Labute approximate surface area is 207 Å². The van der Waals surface area contributed by atoms with Gasteiger partial charge in [0.2, 0.25) is 5.95 Å². The largest absolute Gasteiger partial charge is 0.444 e. The Morgan fingerprint density at radius 2 is 1.94 bits per heavy atom. The van der Waals surface area contributed by atoms with Crippen molar-refractivity contribution >= 4 is 23.7 Å². The molecule has 1 aromatic rings. The maximum atomic E-state index is 12.6. The highest BCUT2D eigenvalue weighted by atomic mass is 16.6. The number of likely N-dealkylation sites (tertiary alicyclic amines) is 1. The molecule has 3 saturated heterocycles. The molecule has 3 aliphatic rings. The molecule has 4 heterocycles. The molecule has 1 aromatic heterocycles. The first kappa shape index (κ1) is 25.3. The van der Waals surface area contributed by atoms with Crippen LogP contribution >= 0.6 is 0 Å². The zero-order valence-electron chi connectivity index (χ0n) is 21.7. The Hall–Kier alpha value is -2.82. The van der Waals surface area contributed by atoms with E-state index in [1.54, 1.807) is 6.07 Å². The molecule has 4 rings (SSSR count). The van der Waals surface area contributed by atoms with Crippen molar-refractivity contribution in [3.8, 4) is 0 Å². The molecule has 11 heteroatoms. The van der Waals surface area contributed by atoms with Crippen LogP contribution in [0.25, 0.3) is 0 Å². The van der Waals surface area contributed by atoms with Crippen LogP contribution in [0.1, 0.15) is 52.7 Å². The molecule has 0 aromatic carbocycles. The molecule has 0 saturated carbocycles. The Kier molecular flexibility index (Phi) is 6.99. The summed E-state index contributed by atoms with van der Waals surface area (Å²) in [5.74, 6) is 1.35. The Bertz CT molecular complexity index is 965. The molecule has 3 N–H and O–H groups in total. The number of nitrogens with zero attached hydrogens (tertiary/aromatic N) is 7. The van der Waals surface area contributed by atoms with Crippen molar-refractivity contribution in [3.05, 3.63) is 11.8 Å². The van der Waals surface area contributed by atoms with E-state index in [2.05, 4.69) is 38.8 Å². The number of aromatic nitrogens is 2. The number of nitrogens with two attached hydrogens (primary N) is 1. The molecule has 1 unspecified atom stereocenters. The van der Waals surface area contributed by atoms with Crippen LogP contribution in [0.4, 0.5) is 16.6 Å². The van der Waals surface area contributed by atoms with E-state index in [1.807, 2.05) is 25.7 Å². The summed E-state index contributed by atoms with van der Waals surface area (Å²) < 4.78 is 5.59. The normalized spacial score (nSPS) is 26.5. The molecule has 1 spiro atoms. The number of ether oxygens (including phenoxy) is 1. The number of anilines is 2. The van der Waals surface area contributed by atoms with Gasteiger partial charge in [-0.25, -0.2) is 9.78 Å². The second-order valence-electron chi connectivity index (χ2n) is 11.4. The quantitative estimate of drug-likeness (QED) is 0.284. The topological polar surface area (TPSA) is 124 Å².